The first-order chi connectivity index (χ1) is 8.73. The van der Waals surface area contributed by atoms with Crippen molar-refractivity contribution in [2.45, 2.75) is 12.3 Å². The highest BCUT2D eigenvalue weighted by molar-refractivity contribution is 5.73. The van der Waals surface area contributed by atoms with Crippen molar-refractivity contribution in [3.8, 4) is 0 Å². The van der Waals surface area contributed by atoms with Gasteiger partial charge in [-0.2, -0.15) is 0 Å². The summed E-state index contributed by atoms with van der Waals surface area (Å²) in [7, 11) is 0. The van der Waals surface area contributed by atoms with Crippen molar-refractivity contribution in [1.29, 1.82) is 0 Å². The molecule has 1 aliphatic heterocycles. The Hall–Kier alpha value is -1.59. The van der Waals surface area contributed by atoms with Crippen molar-refractivity contribution in [2.75, 3.05) is 26.3 Å². The summed E-state index contributed by atoms with van der Waals surface area (Å²) >= 11 is 0. The van der Waals surface area contributed by atoms with Gasteiger partial charge in [-0.25, -0.2) is 4.79 Å². The number of aromatic nitrogens is 1. The zero-order valence-electron chi connectivity index (χ0n) is 10.3. The quantitative estimate of drug-likeness (QED) is 0.847. The number of ether oxygens (including phenoxy) is 1. The zero-order valence-corrected chi connectivity index (χ0v) is 10.3. The van der Waals surface area contributed by atoms with Gasteiger partial charge in [-0.15, -0.1) is 0 Å². The van der Waals surface area contributed by atoms with Crippen LogP contribution in [0.25, 0.3) is 11.1 Å². The summed E-state index contributed by atoms with van der Waals surface area (Å²) in [6.45, 7) is 5.31. The van der Waals surface area contributed by atoms with Crippen LogP contribution in [0.2, 0.25) is 0 Å². The van der Waals surface area contributed by atoms with E-state index in [0.717, 1.165) is 24.2 Å². The van der Waals surface area contributed by atoms with Crippen LogP contribution in [0.4, 0.5) is 0 Å². The van der Waals surface area contributed by atoms with Gasteiger partial charge in [0.1, 0.15) is 0 Å². The number of benzene rings is 1. The number of nitrogens with one attached hydrogen (secondary N) is 2. The van der Waals surface area contributed by atoms with Crippen LogP contribution in [0, 0.1) is 0 Å². The lowest BCUT2D eigenvalue weighted by molar-refractivity contribution is -0.0587. The molecule has 3 rings (SSSR count). The zero-order chi connectivity index (χ0) is 12.6. The Morgan fingerprint density at radius 2 is 2.28 bits per heavy atom. The van der Waals surface area contributed by atoms with E-state index in [1.54, 1.807) is 0 Å². The van der Waals surface area contributed by atoms with Gasteiger partial charge in [-0.3, -0.25) is 4.98 Å². The number of hydrogen-bond donors (Lipinski definition) is 2. The van der Waals surface area contributed by atoms with E-state index >= 15 is 0 Å². The maximum absolute atomic E-state index is 11.1. The Kier molecular flexibility index (Phi) is 2.72. The minimum Gasteiger partial charge on any atom is -0.408 e. The van der Waals surface area contributed by atoms with Crippen molar-refractivity contribution in [1.82, 2.24) is 10.3 Å². The normalized spacial score (nSPS) is 17.8. The van der Waals surface area contributed by atoms with E-state index in [4.69, 9.17) is 9.15 Å². The molecule has 2 N–H and O–H groups in total. The molecule has 0 saturated carbocycles. The van der Waals surface area contributed by atoms with Crippen molar-refractivity contribution in [3.63, 3.8) is 0 Å². The molecule has 0 amide bonds. The van der Waals surface area contributed by atoms with E-state index in [1.807, 2.05) is 18.2 Å². The van der Waals surface area contributed by atoms with Gasteiger partial charge in [0.2, 0.25) is 0 Å². The van der Waals surface area contributed by atoms with Gasteiger partial charge in [-0.1, -0.05) is 13.0 Å². The Balaban J connectivity index is 1.99. The highest BCUT2D eigenvalue weighted by Gasteiger charge is 2.40. The standard InChI is InChI=1S/C13H16N2O3/c1-2-14-6-13(7-17-8-13)9-3-4-10-11(5-9)18-12(16)15-10/h3-5,14H,2,6-8H2,1H3,(H,15,16). The van der Waals surface area contributed by atoms with Crippen LogP contribution in [0.5, 0.6) is 0 Å². The predicted octanol–water partition coefficient (Wildman–Crippen LogP) is 0.999. The summed E-state index contributed by atoms with van der Waals surface area (Å²) in [5.74, 6) is -0.409. The molecule has 2 heterocycles. The maximum atomic E-state index is 11.1. The SMILES string of the molecule is CCNCC1(c2ccc3[nH]c(=O)oc3c2)COC1. The largest absolute Gasteiger partial charge is 0.417 e. The van der Waals surface area contributed by atoms with E-state index in [-0.39, 0.29) is 5.41 Å². The summed E-state index contributed by atoms with van der Waals surface area (Å²) in [4.78, 5) is 13.8. The van der Waals surface area contributed by atoms with Crippen LogP contribution < -0.4 is 11.1 Å². The fourth-order valence-corrected chi connectivity index (χ4v) is 2.36. The Morgan fingerprint density at radius 1 is 1.44 bits per heavy atom. The molecule has 96 valence electrons. The monoisotopic (exact) mass is 248 g/mol. The first-order valence-corrected chi connectivity index (χ1v) is 6.15. The summed E-state index contributed by atoms with van der Waals surface area (Å²) in [6.07, 6.45) is 0. The molecule has 18 heavy (non-hydrogen) atoms. The molecule has 0 radical (unpaired) electrons. The fourth-order valence-electron chi connectivity index (χ4n) is 2.36. The summed E-state index contributed by atoms with van der Waals surface area (Å²) in [6, 6.07) is 5.86. The lowest BCUT2D eigenvalue weighted by atomic mass is 9.78. The predicted molar refractivity (Wildman–Crippen MR) is 67.9 cm³/mol. The van der Waals surface area contributed by atoms with Crippen LogP contribution >= 0.6 is 0 Å². The van der Waals surface area contributed by atoms with Crippen LogP contribution in [0.15, 0.2) is 27.4 Å². The minimum absolute atomic E-state index is 0.0139. The lowest BCUT2D eigenvalue weighted by Crippen LogP contribution is -2.53. The topological polar surface area (TPSA) is 67.3 Å². The van der Waals surface area contributed by atoms with Crippen molar-refractivity contribution < 1.29 is 9.15 Å². The number of likely N-dealkylation sites (N-methyl/N-ethyl adjacent to an activating group) is 1. The Bertz CT molecular complexity index is 610. The highest BCUT2D eigenvalue weighted by Crippen LogP contribution is 2.33. The van der Waals surface area contributed by atoms with Crippen LogP contribution in [-0.4, -0.2) is 31.3 Å². The second-order valence-corrected chi connectivity index (χ2v) is 4.78. The number of aromatic amines is 1. The molecule has 1 saturated heterocycles. The van der Waals surface area contributed by atoms with E-state index in [1.165, 1.54) is 0 Å². The van der Waals surface area contributed by atoms with Crippen LogP contribution in [0.3, 0.4) is 0 Å². The number of fused-ring (bicyclic) bond motifs is 1. The van der Waals surface area contributed by atoms with E-state index in [0.29, 0.717) is 18.8 Å². The van der Waals surface area contributed by atoms with E-state index < -0.39 is 5.76 Å². The lowest BCUT2D eigenvalue weighted by Gasteiger charge is -2.42. The molecular formula is C13H16N2O3. The van der Waals surface area contributed by atoms with Gasteiger partial charge < -0.3 is 14.5 Å². The van der Waals surface area contributed by atoms with Crippen molar-refractivity contribution >= 4 is 11.1 Å². The van der Waals surface area contributed by atoms with Crippen molar-refractivity contribution in [2.24, 2.45) is 0 Å². The van der Waals surface area contributed by atoms with E-state index in [2.05, 4.69) is 17.2 Å². The second kappa shape index (κ2) is 4.26. The maximum Gasteiger partial charge on any atom is 0.417 e. The number of oxazole rings is 1. The molecule has 5 heteroatoms. The summed E-state index contributed by atoms with van der Waals surface area (Å²) in [5.41, 5.74) is 2.52. The Morgan fingerprint density at radius 3 is 2.94 bits per heavy atom. The minimum atomic E-state index is -0.409. The molecule has 1 aliphatic rings. The molecule has 1 fully saturated rings. The van der Waals surface area contributed by atoms with Gasteiger partial charge in [-0.05, 0) is 24.2 Å². The summed E-state index contributed by atoms with van der Waals surface area (Å²) in [5, 5.41) is 3.36. The molecule has 5 nitrogen and oxygen atoms in total. The molecule has 1 aromatic heterocycles. The van der Waals surface area contributed by atoms with Gasteiger partial charge >= 0.3 is 5.76 Å². The van der Waals surface area contributed by atoms with Gasteiger partial charge in [0.15, 0.2) is 5.58 Å². The number of rotatable bonds is 4. The van der Waals surface area contributed by atoms with Gasteiger partial charge in [0.05, 0.1) is 24.1 Å². The molecule has 2 aromatic rings. The van der Waals surface area contributed by atoms with Gasteiger partial charge in [0.25, 0.3) is 0 Å². The van der Waals surface area contributed by atoms with Crippen LogP contribution in [-0.2, 0) is 10.2 Å². The summed E-state index contributed by atoms with van der Waals surface area (Å²) < 4.78 is 10.5. The Labute approximate surface area is 104 Å². The highest BCUT2D eigenvalue weighted by atomic mass is 16.5. The molecular weight excluding hydrogens is 232 g/mol. The molecule has 0 atom stereocenters. The average Bonchev–Trinajstić information content (AvgIpc) is 2.67. The van der Waals surface area contributed by atoms with E-state index in [9.17, 15) is 4.79 Å². The molecule has 1 aromatic carbocycles. The second-order valence-electron chi connectivity index (χ2n) is 4.78. The molecule has 0 spiro atoms. The number of H-pyrrole nitrogens is 1. The fraction of sp³-hybridized carbons (Fsp3) is 0.462. The smallest absolute Gasteiger partial charge is 0.408 e. The van der Waals surface area contributed by atoms with Crippen molar-refractivity contribution in [3.05, 3.63) is 34.3 Å². The number of hydrogen-bond acceptors (Lipinski definition) is 4. The molecule has 0 bridgehead atoms. The first kappa shape index (κ1) is 11.5. The third-order valence-corrected chi connectivity index (χ3v) is 3.50. The first-order valence-electron chi connectivity index (χ1n) is 6.15. The average molecular weight is 248 g/mol. The molecule has 0 unspecified atom stereocenters. The third kappa shape index (κ3) is 1.76. The third-order valence-electron chi connectivity index (χ3n) is 3.50. The molecule has 0 aliphatic carbocycles. The van der Waals surface area contributed by atoms with Gasteiger partial charge in [0, 0.05) is 6.54 Å². The van der Waals surface area contributed by atoms with Crippen LogP contribution in [0.1, 0.15) is 12.5 Å².